The second-order valence-corrected chi connectivity index (χ2v) is 8.23. The smallest absolute Gasteiger partial charge is 0.249 e. The lowest BCUT2D eigenvalue weighted by Gasteiger charge is -2.46. The Morgan fingerprint density at radius 1 is 1.29 bits per heavy atom. The van der Waals surface area contributed by atoms with Gasteiger partial charge in [0.2, 0.25) is 5.91 Å². The molecule has 0 aromatic rings. The Morgan fingerprint density at radius 3 is 2.46 bits per heavy atom. The molecule has 2 atom stereocenters. The van der Waals surface area contributed by atoms with Crippen molar-refractivity contribution in [2.24, 2.45) is 11.3 Å². The van der Waals surface area contributed by atoms with Gasteiger partial charge in [-0.3, -0.25) is 9.59 Å². The Bertz CT molecular complexity index is 533. The summed E-state index contributed by atoms with van der Waals surface area (Å²) in [6.45, 7) is 10.8. The van der Waals surface area contributed by atoms with Gasteiger partial charge in [0.05, 0.1) is 0 Å². The van der Waals surface area contributed by atoms with Crippen LogP contribution in [0.2, 0.25) is 0 Å². The molecule has 1 aliphatic carbocycles. The average Bonchev–Trinajstić information content (AvgIpc) is 2.55. The summed E-state index contributed by atoms with van der Waals surface area (Å²) in [6, 6.07) is 0. The standard InChI is InChI=1S/C19H32N2O3/c1-14-6-8-18(3,4)19(24,16(14)22)9-7-15(2)17(23)21-12-10-20(5)11-13-21/h7,14,24H,6,8-13H2,1-5H3/b15-7-. The molecule has 0 radical (unpaired) electrons. The fraction of sp³-hybridized carbons (Fsp3) is 0.789. The monoisotopic (exact) mass is 336 g/mol. The molecule has 1 heterocycles. The van der Waals surface area contributed by atoms with E-state index in [0.29, 0.717) is 5.57 Å². The molecular formula is C19H32N2O3. The predicted octanol–water partition coefficient (Wildman–Crippen LogP) is 1.85. The van der Waals surface area contributed by atoms with Gasteiger partial charge in [-0.05, 0) is 26.8 Å². The molecule has 24 heavy (non-hydrogen) atoms. The molecule has 0 aromatic carbocycles. The number of carbonyl (C=O) groups is 2. The number of piperazine rings is 1. The molecule has 5 heteroatoms. The Hall–Kier alpha value is -1.20. The Kier molecular flexibility index (Phi) is 5.55. The molecule has 0 aromatic heterocycles. The average molecular weight is 336 g/mol. The van der Waals surface area contributed by atoms with Crippen LogP contribution in [-0.2, 0) is 9.59 Å². The molecule has 0 spiro atoms. The van der Waals surface area contributed by atoms with Crippen molar-refractivity contribution >= 4 is 11.7 Å². The van der Waals surface area contributed by atoms with Crippen molar-refractivity contribution in [2.45, 2.75) is 52.6 Å². The molecule has 2 rings (SSSR count). The molecule has 2 fully saturated rings. The third kappa shape index (κ3) is 3.57. The second-order valence-electron chi connectivity index (χ2n) is 8.23. The van der Waals surface area contributed by atoms with Crippen LogP contribution in [-0.4, -0.2) is 65.4 Å². The Labute approximate surface area is 145 Å². The maximum atomic E-state index is 12.6. The number of Topliss-reactive ketones (excluding diaryl/α,β-unsaturated/α-hetero) is 1. The quantitative estimate of drug-likeness (QED) is 0.799. The van der Waals surface area contributed by atoms with Crippen molar-refractivity contribution in [1.29, 1.82) is 0 Å². The zero-order valence-electron chi connectivity index (χ0n) is 15.8. The summed E-state index contributed by atoms with van der Waals surface area (Å²) < 4.78 is 0. The van der Waals surface area contributed by atoms with E-state index in [4.69, 9.17) is 0 Å². The summed E-state index contributed by atoms with van der Waals surface area (Å²) >= 11 is 0. The van der Waals surface area contributed by atoms with Crippen LogP contribution in [0.25, 0.3) is 0 Å². The summed E-state index contributed by atoms with van der Waals surface area (Å²) in [5.74, 6) is -0.194. The van der Waals surface area contributed by atoms with Crippen LogP contribution in [0, 0.1) is 11.3 Å². The number of likely N-dealkylation sites (N-methyl/N-ethyl adjacent to an activating group) is 1. The molecule has 0 bridgehead atoms. The largest absolute Gasteiger partial charge is 0.381 e. The maximum Gasteiger partial charge on any atom is 0.249 e. The number of hydrogen-bond donors (Lipinski definition) is 1. The van der Waals surface area contributed by atoms with Crippen molar-refractivity contribution in [2.75, 3.05) is 33.2 Å². The first-order chi connectivity index (χ1) is 11.1. The van der Waals surface area contributed by atoms with Crippen molar-refractivity contribution in [1.82, 2.24) is 9.80 Å². The van der Waals surface area contributed by atoms with Gasteiger partial charge in [0, 0.05) is 49.5 Å². The van der Waals surface area contributed by atoms with Crippen molar-refractivity contribution in [3.63, 3.8) is 0 Å². The van der Waals surface area contributed by atoms with E-state index < -0.39 is 11.0 Å². The van der Waals surface area contributed by atoms with Crippen LogP contribution >= 0.6 is 0 Å². The van der Waals surface area contributed by atoms with Crippen molar-refractivity contribution in [3.05, 3.63) is 11.6 Å². The van der Waals surface area contributed by atoms with Gasteiger partial charge in [-0.1, -0.05) is 26.8 Å². The molecule has 1 N–H and O–H groups in total. The van der Waals surface area contributed by atoms with Crippen LogP contribution in [0.4, 0.5) is 0 Å². The SMILES string of the molecule is C/C(=C/CC1(O)C(=O)C(C)CCC1(C)C)C(=O)N1CCN(C)CC1. The van der Waals surface area contributed by atoms with Crippen LogP contribution in [0.1, 0.15) is 47.0 Å². The van der Waals surface area contributed by atoms with Gasteiger partial charge in [-0.2, -0.15) is 0 Å². The highest BCUT2D eigenvalue weighted by Gasteiger charge is 2.52. The topological polar surface area (TPSA) is 60.9 Å². The lowest BCUT2D eigenvalue weighted by atomic mass is 9.60. The van der Waals surface area contributed by atoms with E-state index in [1.165, 1.54) is 0 Å². The number of hydrogen-bond acceptors (Lipinski definition) is 4. The van der Waals surface area contributed by atoms with E-state index in [-0.39, 0.29) is 24.0 Å². The molecule has 5 nitrogen and oxygen atoms in total. The number of nitrogens with zero attached hydrogens (tertiary/aromatic N) is 2. The first-order valence-corrected chi connectivity index (χ1v) is 9.00. The van der Waals surface area contributed by atoms with Crippen LogP contribution < -0.4 is 0 Å². The summed E-state index contributed by atoms with van der Waals surface area (Å²) in [6.07, 6.45) is 3.61. The highest BCUT2D eigenvalue weighted by molar-refractivity contribution is 5.94. The van der Waals surface area contributed by atoms with Crippen LogP contribution in [0.5, 0.6) is 0 Å². The summed E-state index contributed by atoms with van der Waals surface area (Å²) in [5.41, 5.74) is -1.23. The van der Waals surface area contributed by atoms with Gasteiger partial charge < -0.3 is 14.9 Å². The zero-order valence-corrected chi connectivity index (χ0v) is 15.8. The lowest BCUT2D eigenvalue weighted by Crippen LogP contribution is -2.56. The summed E-state index contributed by atoms with van der Waals surface area (Å²) in [5, 5.41) is 11.1. The van der Waals surface area contributed by atoms with Gasteiger partial charge in [0.15, 0.2) is 5.78 Å². The first-order valence-electron chi connectivity index (χ1n) is 9.00. The van der Waals surface area contributed by atoms with E-state index >= 15 is 0 Å². The minimum Gasteiger partial charge on any atom is -0.381 e. The maximum absolute atomic E-state index is 12.6. The number of carbonyl (C=O) groups excluding carboxylic acids is 2. The van der Waals surface area contributed by atoms with E-state index in [2.05, 4.69) is 11.9 Å². The predicted molar refractivity (Wildman–Crippen MR) is 94.6 cm³/mol. The van der Waals surface area contributed by atoms with Crippen LogP contribution in [0.15, 0.2) is 11.6 Å². The van der Waals surface area contributed by atoms with Gasteiger partial charge in [0.25, 0.3) is 0 Å². The lowest BCUT2D eigenvalue weighted by molar-refractivity contribution is -0.162. The highest BCUT2D eigenvalue weighted by atomic mass is 16.3. The van der Waals surface area contributed by atoms with Gasteiger partial charge in [0.1, 0.15) is 5.60 Å². The van der Waals surface area contributed by atoms with E-state index in [1.54, 1.807) is 13.0 Å². The van der Waals surface area contributed by atoms with Crippen molar-refractivity contribution < 1.29 is 14.7 Å². The highest BCUT2D eigenvalue weighted by Crippen LogP contribution is 2.46. The molecule has 2 unspecified atom stereocenters. The zero-order chi connectivity index (χ0) is 18.1. The fourth-order valence-electron chi connectivity index (χ4n) is 3.68. The van der Waals surface area contributed by atoms with Gasteiger partial charge in [-0.25, -0.2) is 0 Å². The molecule has 2 aliphatic rings. The Balaban J connectivity index is 2.09. The number of rotatable bonds is 3. The van der Waals surface area contributed by atoms with Gasteiger partial charge >= 0.3 is 0 Å². The van der Waals surface area contributed by atoms with E-state index in [0.717, 1.165) is 39.0 Å². The third-order valence-corrected chi connectivity index (χ3v) is 6.01. The van der Waals surface area contributed by atoms with Gasteiger partial charge in [-0.15, -0.1) is 0 Å². The molecular weight excluding hydrogens is 304 g/mol. The van der Waals surface area contributed by atoms with Crippen molar-refractivity contribution in [3.8, 4) is 0 Å². The van der Waals surface area contributed by atoms with E-state index in [9.17, 15) is 14.7 Å². The number of amides is 1. The normalized spacial score (nSPS) is 32.1. The molecule has 1 saturated heterocycles. The van der Waals surface area contributed by atoms with E-state index in [1.807, 2.05) is 25.7 Å². The molecule has 1 aliphatic heterocycles. The summed E-state index contributed by atoms with van der Waals surface area (Å²) in [4.78, 5) is 29.2. The molecule has 1 saturated carbocycles. The molecule has 1 amide bonds. The third-order valence-electron chi connectivity index (χ3n) is 6.01. The number of ketones is 1. The minimum absolute atomic E-state index is 0.0146. The first kappa shape index (κ1) is 19.1. The van der Waals surface area contributed by atoms with Crippen LogP contribution in [0.3, 0.4) is 0 Å². The minimum atomic E-state index is -1.38. The number of aliphatic hydroxyl groups is 1. The fourth-order valence-corrected chi connectivity index (χ4v) is 3.68. The summed E-state index contributed by atoms with van der Waals surface area (Å²) in [7, 11) is 2.05. The Morgan fingerprint density at radius 2 is 1.88 bits per heavy atom. The molecule has 136 valence electrons. The second kappa shape index (κ2) is 6.96.